The largest absolute Gasteiger partial charge is 0.369 e. The van der Waals surface area contributed by atoms with Gasteiger partial charge in [0.15, 0.2) is 0 Å². The second kappa shape index (κ2) is 8.09. The minimum atomic E-state index is -0.267. The molecule has 4 nitrogen and oxygen atoms in total. The lowest BCUT2D eigenvalue weighted by atomic mass is 10.2. The lowest BCUT2D eigenvalue weighted by Crippen LogP contribution is -2.46. The van der Waals surface area contributed by atoms with Gasteiger partial charge in [0, 0.05) is 42.6 Å². The van der Waals surface area contributed by atoms with Crippen LogP contribution in [0.5, 0.6) is 0 Å². The number of carbonyl (C=O) groups excluding carboxylic acids is 1. The summed E-state index contributed by atoms with van der Waals surface area (Å²) in [5.74, 6) is -0.267. The molecule has 1 N–H and O–H groups in total. The maximum absolute atomic E-state index is 12.4. The van der Waals surface area contributed by atoms with Crippen LogP contribution in [0.2, 0.25) is 10.0 Å². The molecular formula is C19H21Cl2N3O. The number of anilines is 2. The van der Waals surface area contributed by atoms with Crippen molar-refractivity contribution >= 4 is 40.5 Å². The molecule has 3 rings (SSSR count). The van der Waals surface area contributed by atoms with E-state index >= 15 is 0 Å². The Balaban J connectivity index is 1.65. The van der Waals surface area contributed by atoms with E-state index in [1.165, 1.54) is 5.69 Å². The molecule has 0 unspecified atom stereocenters. The molecule has 1 amide bonds. The van der Waals surface area contributed by atoms with E-state index < -0.39 is 0 Å². The molecule has 0 atom stereocenters. The minimum absolute atomic E-state index is 0.267. The van der Waals surface area contributed by atoms with Crippen LogP contribution in [0, 0.1) is 0 Å². The van der Waals surface area contributed by atoms with Gasteiger partial charge in [-0.15, -0.1) is 0 Å². The number of nitrogens with one attached hydrogen (secondary N) is 1. The maximum Gasteiger partial charge on any atom is 0.257 e. The monoisotopic (exact) mass is 377 g/mol. The van der Waals surface area contributed by atoms with Crippen LogP contribution in [0.25, 0.3) is 0 Å². The number of nitrogens with zero attached hydrogens (tertiary/aromatic N) is 2. The summed E-state index contributed by atoms with van der Waals surface area (Å²) in [4.78, 5) is 17.2. The van der Waals surface area contributed by atoms with Crippen molar-refractivity contribution in [2.45, 2.75) is 6.92 Å². The van der Waals surface area contributed by atoms with Crippen molar-refractivity contribution in [1.82, 2.24) is 4.90 Å². The van der Waals surface area contributed by atoms with Crippen LogP contribution in [0.3, 0.4) is 0 Å². The van der Waals surface area contributed by atoms with Crippen molar-refractivity contribution in [3.8, 4) is 0 Å². The molecule has 25 heavy (non-hydrogen) atoms. The minimum Gasteiger partial charge on any atom is -0.369 e. The van der Waals surface area contributed by atoms with Crippen LogP contribution in [0.15, 0.2) is 42.5 Å². The second-order valence-electron chi connectivity index (χ2n) is 6.05. The number of amides is 1. The van der Waals surface area contributed by atoms with E-state index in [0.29, 0.717) is 15.6 Å². The first-order valence-corrected chi connectivity index (χ1v) is 9.16. The normalized spacial score (nSPS) is 15.2. The average Bonchev–Trinajstić information content (AvgIpc) is 2.64. The standard InChI is InChI=1S/C19H21Cl2N3O/c1-2-23-9-11-24(12-10-23)16-6-4-15(5-7-16)22-19(25)17-13-14(20)3-8-18(17)21/h3-8,13H,2,9-12H2,1H3,(H,22,25). The summed E-state index contributed by atoms with van der Waals surface area (Å²) in [5, 5.41) is 3.73. The molecule has 6 heteroatoms. The highest BCUT2D eigenvalue weighted by molar-refractivity contribution is 6.36. The molecule has 132 valence electrons. The lowest BCUT2D eigenvalue weighted by molar-refractivity contribution is 0.102. The quantitative estimate of drug-likeness (QED) is 0.857. The van der Waals surface area contributed by atoms with Gasteiger partial charge in [0.2, 0.25) is 0 Å². The third kappa shape index (κ3) is 4.46. The molecule has 2 aromatic rings. The molecule has 0 aliphatic carbocycles. The van der Waals surface area contributed by atoms with Crippen molar-refractivity contribution in [2.75, 3.05) is 42.9 Å². The molecule has 1 fully saturated rings. The number of hydrogen-bond donors (Lipinski definition) is 1. The van der Waals surface area contributed by atoms with Gasteiger partial charge in [-0.3, -0.25) is 4.79 Å². The van der Waals surface area contributed by atoms with Gasteiger partial charge in [0.1, 0.15) is 0 Å². The number of hydrogen-bond acceptors (Lipinski definition) is 3. The van der Waals surface area contributed by atoms with Crippen LogP contribution in [0.4, 0.5) is 11.4 Å². The van der Waals surface area contributed by atoms with Crippen molar-refractivity contribution in [3.05, 3.63) is 58.1 Å². The fraction of sp³-hybridized carbons (Fsp3) is 0.316. The Bertz CT molecular complexity index is 741. The highest BCUT2D eigenvalue weighted by Gasteiger charge is 2.16. The summed E-state index contributed by atoms with van der Waals surface area (Å²) in [6.45, 7) is 7.52. The highest BCUT2D eigenvalue weighted by atomic mass is 35.5. The van der Waals surface area contributed by atoms with Crippen molar-refractivity contribution in [3.63, 3.8) is 0 Å². The fourth-order valence-corrected chi connectivity index (χ4v) is 3.32. The van der Waals surface area contributed by atoms with Crippen LogP contribution >= 0.6 is 23.2 Å². The fourth-order valence-electron chi connectivity index (χ4n) is 2.95. The first-order valence-electron chi connectivity index (χ1n) is 8.40. The van der Waals surface area contributed by atoms with Crippen molar-refractivity contribution in [2.24, 2.45) is 0 Å². The maximum atomic E-state index is 12.4. The van der Waals surface area contributed by atoms with Gasteiger partial charge in [0.25, 0.3) is 5.91 Å². The van der Waals surface area contributed by atoms with E-state index in [1.807, 2.05) is 24.3 Å². The van der Waals surface area contributed by atoms with Gasteiger partial charge in [-0.25, -0.2) is 0 Å². The van der Waals surface area contributed by atoms with E-state index in [0.717, 1.165) is 38.4 Å². The number of benzene rings is 2. The summed E-state index contributed by atoms with van der Waals surface area (Å²) >= 11 is 12.0. The summed E-state index contributed by atoms with van der Waals surface area (Å²) in [7, 11) is 0. The molecule has 0 aromatic heterocycles. The number of rotatable bonds is 4. The Hall–Kier alpha value is -1.75. The van der Waals surface area contributed by atoms with Crippen molar-refractivity contribution < 1.29 is 4.79 Å². The number of likely N-dealkylation sites (N-methyl/N-ethyl adjacent to an activating group) is 1. The molecular weight excluding hydrogens is 357 g/mol. The van der Waals surface area contributed by atoms with Crippen LogP contribution < -0.4 is 10.2 Å². The number of piperazine rings is 1. The Morgan fingerprint density at radius 3 is 2.36 bits per heavy atom. The lowest BCUT2D eigenvalue weighted by Gasteiger charge is -2.35. The van der Waals surface area contributed by atoms with E-state index in [2.05, 4.69) is 22.0 Å². The van der Waals surface area contributed by atoms with Crippen LogP contribution in [0.1, 0.15) is 17.3 Å². The van der Waals surface area contributed by atoms with Crippen LogP contribution in [-0.2, 0) is 0 Å². The topological polar surface area (TPSA) is 35.6 Å². The molecule has 0 saturated carbocycles. The van der Waals surface area contributed by atoms with E-state index in [1.54, 1.807) is 18.2 Å². The van der Waals surface area contributed by atoms with Gasteiger partial charge in [0.05, 0.1) is 10.6 Å². The van der Waals surface area contributed by atoms with Gasteiger partial charge in [-0.1, -0.05) is 30.1 Å². The molecule has 1 aliphatic heterocycles. The summed E-state index contributed by atoms with van der Waals surface area (Å²) in [6, 6.07) is 12.8. The number of halogens is 2. The predicted molar refractivity (Wildman–Crippen MR) is 105 cm³/mol. The zero-order valence-corrected chi connectivity index (χ0v) is 15.6. The molecule has 1 saturated heterocycles. The zero-order valence-electron chi connectivity index (χ0n) is 14.1. The second-order valence-corrected chi connectivity index (χ2v) is 6.89. The summed E-state index contributed by atoms with van der Waals surface area (Å²) in [6.07, 6.45) is 0. The van der Waals surface area contributed by atoms with E-state index in [9.17, 15) is 4.79 Å². The summed E-state index contributed by atoms with van der Waals surface area (Å²) in [5.41, 5.74) is 2.28. The van der Waals surface area contributed by atoms with Gasteiger partial charge < -0.3 is 15.1 Å². The third-order valence-corrected chi connectivity index (χ3v) is 5.05. The average molecular weight is 378 g/mol. The Labute approximate surface area is 158 Å². The molecule has 1 aliphatic rings. The predicted octanol–water partition coefficient (Wildman–Crippen LogP) is 4.39. The molecule has 2 aromatic carbocycles. The van der Waals surface area contributed by atoms with Crippen molar-refractivity contribution in [1.29, 1.82) is 0 Å². The Morgan fingerprint density at radius 1 is 1.04 bits per heavy atom. The van der Waals surface area contributed by atoms with Gasteiger partial charge in [-0.2, -0.15) is 0 Å². The third-order valence-electron chi connectivity index (χ3n) is 4.48. The number of carbonyl (C=O) groups is 1. The molecule has 0 radical (unpaired) electrons. The molecule has 0 bridgehead atoms. The highest BCUT2D eigenvalue weighted by Crippen LogP contribution is 2.23. The van der Waals surface area contributed by atoms with E-state index in [4.69, 9.17) is 23.2 Å². The van der Waals surface area contributed by atoms with Gasteiger partial charge >= 0.3 is 0 Å². The smallest absolute Gasteiger partial charge is 0.257 e. The summed E-state index contributed by atoms with van der Waals surface area (Å²) < 4.78 is 0. The Morgan fingerprint density at radius 2 is 1.72 bits per heavy atom. The molecule has 1 heterocycles. The molecule has 0 spiro atoms. The Kier molecular flexibility index (Phi) is 5.84. The first-order chi connectivity index (χ1) is 12.1. The SMILES string of the molecule is CCN1CCN(c2ccc(NC(=O)c3cc(Cl)ccc3Cl)cc2)CC1. The van der Waals surface area contributed by atoms with Gasteiger partial charge in [-0.05, 0) is 49.0 Å². The van der Waals surface area contributed by atoms with E-state index in [-0.39, 0.29) is 5.91 Å². The van der Waals surface area contributed by atoms with Crippen LogP contribution in [-0.4, -0.2) is 43.5 Å². The zero-order chi connectivity index (χ0) is 17.8. The first kappa shape index (κ1) is 18.1.